The summed E-state index contributed by atoms with van der Waals surface area (Å²) in [4.78, 5) is 19.3. The number of hydrogen-bond acceptors (Lipinski definition) is 5. The Hall–Kier alpha value is -1.70. The number of nitrogens with zero attached hydrogens (tertiary/aromatic N) is 2. The van der Waals surface area contributed by atoms with Gasteiger partial charge in [-0.15, -0.1) is 11.3 Å². The quantitative estimate of drug-likeness (QED) is 0.633. The number of thiocarbonyl (C=S) groups is 1. The molecule has 1 fully saturated rings. The number of halogens is 1. The molecule has 24 heavy (non-hydrogen) atoms. The lowest BCUT2D eigenvalue weighted by molar-refractivity contribution is -0.143. The predicted octanol–water partition coefficient (Wildman–Crippen LogP) is 3.33. The van der Waals surface area contributed by atoms with Crippen molar-refractivity contribution in [2.75, 3.05) is 13.2 Å². The lowest BCUT2D eigenvalue weighted by Crippen LogP contribution is -2.35. The molecule has 2 aromatic rings. The topological polar surface area (TPSA) is 54.5 Å². The van der Waals surface area contributed by atoms with Crippen LogP contribution in [0.25, 0.3) is 0 Å². The van der Waals surface area contributed by atoms with Crippen molar-refractivity contribution in [3.63, 3.8) is 0 Å². The van der Waals surface area contributed by atoms with E-state index >= 15 is 0 Å². The zero-order chi connectivity index (χ0) is 17.1. The second-order valence-corrected chi connectivity index (χ2v) is 7.33. The van der Waals surface area contributed by atoms with Crippen molar-refractivity contribution in [3.05, 3.63) is 51.4 Å². The molecule has 0 bridgehead atoms. The second-order valence-electron chi connectivity index (χ2n) is 5.20. The Labute approximate surface area is 154 Å². The van der Waals surface area contributed by atoms with E-state index in [1.807, 2.05) is 35.2 Å². The first-order chi connectivity index (χ1) is 11.6. The molecule has 1 aliphatic rings. The maximum absolute atomic E-state index is 12.0. The summed E-state index contributed by atoms with van der Waals surface area (Å²) in [5.41, 5.74) is 0.862. The fourth-order valence-electron chi connectivity index (χ4n) is 2.72. The van der Waals surface area contributed by atoms with Gasteiger partial charge in [-0.3, -0.25) is 9.78 Å². The Balaban J connectivity index is 1.95. The molecule has 126 valence electrons. The lowest BCUT2D eigenvalue weighted by Gasteiger charge is -2.25. The summed E-state index contributed by atoms with van der Waals surface area (Å²) in [6.07, 6.45) is 1.74. The minimum Gasteiger partial charge on any atom is -0.465 e. The zero-order valence-electron chi connectivity index (χ0n) is 12.9. The molecule has 0 radical (unpaired) electrons. The molecular formula is C16H16ClN3O2S2. The minimum absolute atomic E-state index is 0.0865. The monoisotopic (exact) mass is 381 g/mol. The highest BCUT2D eigenvalue weighted by atomic mass is 35.5. The number of esters is 1. The molecule has 1 saturated heterocycles. The Morgan fingerprint density at radius 2 is 2.29 bits per heavy atom. The minimum atomic E-state index is -0.309. The largest absolute Gasteiger partial charge is 0.465 e. The van der Waals surface area contributed by atoms with Crippen molar-refractivity contribution in [2.45, 2.75) is 19.0 Å². The molecule has 8 heteroatoms. The first kappa shape index (κ1) is 17.1. The van der Waals surface area contributed by atoms with Gasteiger partial charge >= 0.3 is 5.97 Å². The van der Waals surface area contributed by atoms with Crippen molar-refractivity contribution in [1.82, 2.24) is 15.2 Å². The fraction of sp³-hybridized carbons (Fsp3) is 0.312. The van der Waals surface area contributed by atoms with E-state index in [-0.39, 0.29) is 24.6 Å². The molecule has 0 amide bonds. The third kappa shape index (κ3) is 3.53. The number of carbonyl (C=O) groups excluding carboxylic acids is 1. The third-order valence-corrected chi connectivity index (χ3v) is 5.34. The van der Waals surface area contributed by atoms with Gasteiger partial charge in [0, 0.05) is 11.1 Å². The smallest absolute Gasteiger partial charge is 0.325 e. The maximum Gasteiger partial charge on any atom is 0.325 e. The first-order valence-electron chi connectivity index (χ1n) is 7.49. The second kappa shape index (κ2) is 7.46. The Morgan fingerprint density at radius 1 is 1.46 bits per heavy atom. The molecule has 3 rings (SSSR count). The van der Waals surface area contributed by atoms with Crippen LogP contribution < -0.4 is 5.32 Å². The van der Waals surface area contributed by atoms with E-state index in [1.165, 1.54) is 11.3 Å². The summed E-state index contributed by atoms with van der Waals surface area (Å²) in [7, 11) is 0. The summed E-state index contributed by atoms with van der Waals surface area (Å²) in [6.45, 7) is 2.21. The Kier molecular flexibility index (Phi) is 5.33. The van der Waals surface area contributed by atoms with Gasteiger partial charge in [-0.25, -0.2) is 0 Å². The van der Waals surface area contributed by atoms with Crippen molar-refractivity contribution in [3.8, 4) is 0 Å². The van der Waals surface area contributed by atoms with Crippen LogP contribution in [0.2, 0.25) is 4.34 Å². The zero-order valence-corrected chi connectivity index (χ0v) is 15.3. The highest BCUT2D eigenvalue weighted by Crippen LogP contribution is 2.41. The number of hydrogen-bond donors (Lipinski definition) is 1. The molecule has 0 aromatic carbocycles. The molecule has 0 aliphatic carbocycles. The van der Waals surface area contributed by atoms with Crippen LogP contribution in [0.4, 0.5) is 0 Å². The van der Waals surface area contributed by atoms with Gasteiger partial charge < -0.3 is 15.0 Å². The highest BCUT2D eigenvalue weighted by Gasteiger charge is 2.41. The molecule has 2 aromatic heterocycles. The Bertz CT molecular complexity index is 738. The van der Waals surface area contributed by atoms with Crippen LogP contribution in [0, 0.1) is 0 Å². The van der Waals surface area contributed by atoms with E-state index in [1.54, 1.807) is 13.1 Å². The summed E-state index contributed by atoms with van der Waals surface area (Å²) in [6, 6.07) is 9.24. The average Bonchev–Trinajstić information content (AvgIpc) is 3.13. The number of carbonyl (C=O) groups is 1. The molecule has 0 spiro atoms. The number of nitrogens with one attached hydrogen (secondary N) is 1. The number of pyridine rings is 1. The van der Waals surface area contributed by atoms with Gasteiger partial charge in [0.25, 0.3) is 0 Å². The van der Waals surface area contributed by atoms with E-state index < -0.39 is 0 Å². The van der Waals surface area contributed by atoms with E-state index in [0.29, 0.717) is 16.1 Å². The highest BCUT2D eigenvalue weighted by molar-refractivity contribution is 7.80. The van der Waals surface area contributed by atoms with Gasteiger partial charge in [0.15, 0.2) is 5.11 Å². The molecular weight excluding hydrogens is 366 g/mol. The van der Waals surface area contributed by atoms with E-state index in [0.717, 1.165) is 10.6 Å². The summed E-state index contributed by atoms with van der Waals surface area (Å²) < 4.78 is 5.77. The fourth-order valence-corrected chi connectivity index (χ4v) is 4.23. The van der Waals surface area contributed by atoms with Crippen LogP contribution in [0.15, 0.2) is 36.5 Å². The van der Waals surface area contributed by atoms with Crippen molar-refractivity contribution < 1.29 is 9.53 Å². The van der Waals surface area contributed by atoms with Crippen molar-refractivity contribution in [2.24, 2.45) is 0 Å². The molecule has 1 N–H and O–H groups in total. The van der Waals surface area contributed by atoms with Gasteiger partial charge in [-0.2, -0.15) is 0 Å². The van der Waals surface area contributed by atoms with Gasteiger partial charge in [0.1, 0.15) is 6.54 Å². The number of ether oxygens (including phenoxy) is 1. The van der Waals surface area contributed by atoms with Gasteiger partial charge in [0.2, 0.25) is 0 Å². The molecule has 2 atom stereocenters. The van der Waals surface area contributed by atoms with Crippen LogP contribution >= 0.6 is 35.2 Å². The molecule has 3 heterocycles. The van der Waals surface area contributed by atoms with Gasteiger partial charge in [-0.05, 0) is 43.4 Å². The van der Waals surface area contributed by atoms with Crippen molar-refractivity contribution >= 4 is 46.2 Å². The van der Waals surface area contributed by atoms with E-state index in [2.05, 4.69) is 10.3 Å². The molecule has 0 saturated carbocycles. The van der Waals surface area contributed by atoms with Crippen LogP contribution in [0.5, 0.6) is 0 Å². The summed E-state index contributed by atoms with van der Waals surface area (Å²) in [5.74, 6) is -0.309. The third-order valence-electron chi connectivity index (χ3n) is 3.69. The molecule has 1 aliphatic heterocycles. The Morgan fingerprint density at radius 3 is 2.92 bits per heavy atom. The first-order valence-corrected chi connectivity index (χ1v) is 9.09. The van der Waals surface area contributed by atoms with Crippen LogP contribution in [-0.2, 0) is 9.53 Å². The summed E-state index contributed by atoms with van der Waals surface area (Å²) in [5, 5.41) is 3.78. The van der Waals surface area contributed by atoms with Crippen molar-refractivity contribution in [1.29, 1.82) is 0 Å². The van der Waals surface area contributed by atoms with Crippen LogP contribution in [-0.4, -0.2) is 34.1 Å². The average molecular weight is 382 g/mol. The van der Waals surface area contributed by atoms with Gasteiger partial charge in [0.05, 0.1) is 28.7 Å². The number of aromatic nitrogens is 1. The van der Waals surface area contributed by atoms with Crippen LogP contribution in [0.3, 0.4) is 0 Å². The van der Waals surface area contributed by atoms with E-state index in [4.69, 9.17) is 28.6 Å². The molecule has 5 nitrogen and oxygen atoms in total. The maximum atomic E-state index is 12.0. The lowest BCUT2D eigenvalue weighted by atomic mass is 10.0. The molecule has 0 unspecified atom stereocenters. The summed E-state index contributed by atoms with van der Waals surface area (Å²) >= 11 is 13.0. The number of rotatable bonds is 5. The standard InChI is InChI=1S/C16H16ClN3O2S2/c1-2-22-13(21)9-20-15(11-6-7-12(17)24-11)14(19-16(20)23)10-5-3-4-8-18-10/h3-8,14-15H,2,9H2,1H3,(H,19,23)/t14-,15-/m1/s1. The van der Waals surface area contributed by atoms with Gasteiger partial charge in [-0.1, -0.05) is 17.7 Å². The van der Waals surface area contributed by atoms with E-state index in [9.17, 15) is 4.79 Å². The number of thiophene rings is 1. The normalized spacial score (nSPS) is 20.1. The SMILES string of the molecule is CCOC(=O)CN1C(=S)N[C@H](c2ccccn2)[C@H]1c1ccc(Cl)s1. The predicted molar refractivity (Wildman–Crippen MR) is 98.1 cm³/mol. The van der Waals surface area contributed by atoms with Crippen LogP contribution in [0.1, 0.15) is 29.6 Å².